The lowest BCUT2D eigenvalue weighted by Gasteiger charge is -2.39. The van der Waals surface area contributed by atoms with Crippen LogP contribution >= 0.6 is 0 Å². The van der Waals surface area contributed by atoms with Gasteiger partial charge in [0, 0.05) is 0 Å². The maximum Gasteiger partial charge on any atom is 0.0846 e. The van der Waals surface area contributed by atoms with E-state index in [1.54, 1.807) is 0 Å². The zero-order chi connectivity index (χ0) is 11.4. The molecule has 0 bridgehead atoms. The van der Waals surface area contributed by atoms with Crippen LogP contribution in [0.25, 0.3) is 0 Å². The molecule has 15 heavy (non-hydrogen) atoms. The Morgan fingerprint density at radius 1 is 1.07 bits per heavy atom. The molecule has 88 valence electrons. The van der Waals surface area contributed by atoms with E-state index in [1.165, 1.54) is 12.8 Å². The van der Waals surface area contributed by atoms with E-state index in [-0.39, 0.29) is 0 Å². The molecule has 1 saturated heterocycles. The molecule has 0 unspecified atom stereocenters. The molecule has 2 aliphatic rings. The third-order valence-electron chi connectivity index (χ3n) is 4.41. The summed E-state index contributed by atoms with van der Waals surface area (Å²) in [5.41, 5.74) is 1.37. The van der Waals surface area contributed by atoms with Gasteiger partial charge >= 0.3 is 0 Å². The zero-order valence-corrected chi connectivity index (χ0v) is 12.1. The van der Waals surface area contributed by atoms with E-state index in [4.69, 9.17) is 4.74 Å². The summed E-state index contributed by atoms with van der Waals surface area (Å²) >= 11 is 0. The van der Waals surface area contributed by atoms with Gasteiger partial charge in [-0.2, -0.15) is 0 Å². The van der Waals surface area contributed by atoms with Crippen LogP contribution in [0.5, 0.6) is 0 Å². The highest BCUT2D eigenvalue weighted by Crippen LogP contribution is 2.54. The van der Waals surface area contributed by atoms with Gasteiger partial charge in [0.05, 0.1) is 20.3 Å². The van der Waals surface area contributed by atoms with Gasteiger partial charge in [0.1, 0.15) is 0 Å². The molecule has 4 atom stereocenters. The van der Waals surface area contributed by atoms with Crippen LogP contribution in [0.3, 0.4) is 0 Å². The van der Waals surface area contributed by atoms with Gasteiger partial charge in [0.15, 0.2) is 0 Å². The Labute approximate surface area is 95.6 Å². The van der Waals surface area contributed by atoms with Gasteiger partial charge in [-0.05, 0) is 29.7 Å². The second kappa shape index (κ2) is 3.33. The maximum atomic E-state index is 5.88. The van der Waals surface area contributed by atoms with Gasteiger partial charge < -0.3 is 4.74 Å². The lowest BCUT2D eigenvalue weighted by molar-refractivity contribution is 0.189. The summed E-state index contributed by atoms with van der Waals surface area (Å²) in [4.78, 5) is 0. The molecule has 2 rings (SSSR count). The van der Waals surface area contributed by atoms with Crippen molar-refractivity contribution in [3.8, 4) is 0 Å². The van der Waals surface area contributed by atoms with Crippen molar-refractivity contribution in [2.75, 3.05) is 0 Å². The lowest BCUT2D eigenvalue weighted by atomic mass is 9.72. The van der Waals surface area contributed by atoms with Crippen molar-refractivity contribution in [1.29, 1.82) is 0 Å². The molecule has 0 spiro atoms. The van der Waals surface area contributed by atoms with E-state index in [0.717, 1.165) is 11.5 Å². The fourth-order valence-corrected chi connectivity index (χ4v) is 5.34. The summed E-state index contributed by atoms with van der Waals surface area (Å²) in [5.74, 6) is 0.873. The maximum absolute atomic E-state index is 5.88. The highest BCUT2D eigenvalue weighted by Gasteiger charge is 2.55. The molecule has 0 aromatic rings. The first kappa shape index (κ1) is 11.7. The molecular formula is C13H26OSi. The number of rotatable bonds is 1. The van der Waals surface area contributed by atoms with Gasteiger partial charge in [0.25, 0.3) is 0 Å². The molecular weight excluding hydrogens is 200 g/mol. The van der Waals surface area contributed by atoms with Crippen LogP contribution in [0.1, 0.15) is 33.6 Å². The Kier molecular flexibility index (Phi) is 2.59. The van der Waals surface area contributed by atoms with Crippen molar-refractivity contribution in [1.82, 2.24) is 0 Å². The summed E-state index contributed by atoms with van der Waals surface area (Å²) in [6.45, 7) is 14.7. The number of fused-ring (bicyclic) bond motifs is 1. The van der Waals surface area contributed by atoms with Gasteiger partial charge in [0.2, 0.25) is 0 Å². The van der Waals surface area contributed by atoms with Gasteiger partial charge in [-0.15, -0.1) is 0 Å². The molecule has 2 heteroatoms. The van der Waals surface area contributed by atoms with E-state index < -0.39 is 8.07 Å². The average molecular weight is 226 g/mol. The highest BCUT2D eigenvalue weighted by atomic mass is 28.3. The highest BCUT2D eigenvalue weighted by molar-refractivity contribution is 6.77. The second-order valence-electron chi connectivity index (χ2n) is 7.65. The van der Waals surface area contributed by atoms with Crippen molar-refractivity contribution in [3.05, 3.63) is 0 Å². The second-order valence-corrected chi connectivity index (χ2v) is 13.1. The molecule has 1 aliphatic heterocycles. The normalized spacial score (nSPS) is 41.2. The standard InChI is InChI=1S/C13H26OSi/c1-13(2,3)9-7-10-12(14-10)11(8-9)15(4,5)6/h9-12H,7-8H2,1-6H3/t9-,10+,11-,12+/m1/s1. The molecule has 1 nitrogen and oxygen atoms in total. The number of hydrogen-bond acceptors (Lipinski definition) is 1. The van der Waals surface area contributed by atoms with E-state index in [1.807, 2.05) is 0 Å². The van der Waals surface area contributed by atoms with Gasteiger partial charge in [-0.1, -0.05) is 40.4 Å². The third kappa shape index (κ3) is 2.31. The quantitative estimate of drug-likeness (QED) is 0.488. The van der Waals surface area contributed by atoms with E-state index in [0.29, 0.717) is 17.6 Å². The molecule has 0 aromatic carbocycles. The number of ether oxygens (including phenoxy) is 1. The predicted octanol–water partition coefficient (Wildman–Crippen LogP) is 3.92. The number of hydrogen-bond donors (Lipinski definition) is 0. The molecule has 0 amide bonds. The largest absolute Gasteiger partial charge is 0.370 e. The van der Waals surface area contributed by atoms with E-state index >= 15 is 0 Å². The minimum atomic E-state index is -1.02. The minimum Gasteiger partial charge on any atom is -0.370 e. The van der Waals surface area contributed by atoms with Crippen LogP contribution in [-0.2, 0) is 4.74 Å². The Balaban J connectivity index is 2.10. The van der Waals surface area contributed by atoms with Crippen molar-refractivity contribution < 1.29 is 4.74 Å². The monoisotopic (exact) mass is 226 g/mol. The summed E-state index contributed by atoms with van der Waals surface area (Å²) in [6, 6.07) is 0. The molecule has 0 aromatic heterocycles. The summed E-state index contributed by atoms with van der Waals surface area (Å²) in [6.07, 6.45) is 4.00. The SMILES string of the molecule is CC(C)(C)[C@@H]1C[C@@H]2O[C@@H]2[C@H]([Si](C)(C)C)C1. The van der Waals surface area contributed by atoms with Crippen molar-refractivity contribution in [3.63, 3.8) is 0 Å². The van der Waals surface area contributed by atoms with Crippen LogP contribution in [0.2, 0.25) is 25.2 Å². The molecule has 1 saturated carbocycles. The minimum absolute atomic E-state index is 0.467. The van der Waals surface area contributed by atoms with E-state index in [2.05, 4.69) is 40.4 Å². The smallest absolute Gasteiger partial charge is 0.0846 e. The van der Waals surface area contributed by atoms with Crippen LogP contribution in [0.15, 0.2) is 0 Å². The Morgan fingerprint density at radius 2 is 1.67 bits per heavy atom. The predicted molar refractivity (Wildman–Crippen MR) is 67.9 cm³/mol. The Hall–Kier alpha value is 0.177. The molecule has 2 fully saturated rings. The molecule has 0 radical (unpaired) electrons. The summed E-state index contributed by atoms with van der Waals surface area (Å²) in [7, 11) is -1.02. The Morgan fingerprint density at radius 3 is 2.13 bits per heavy atom. The fraction of sp³-hybridized carbons (Fsp3) is 1.00. The topological polar surface area (TPSA) is 12.5 Å². The molecule has 1 aliphatic carbocycles. The van der Waals surface area contributed by atoms with Crippen LogP contribution in [0.4, 0.5) is 0 Å². The average Bonchev–Trinajstić information content (AvgIpc) is 2.75. The Bertz CT molecular complexity index is 248. The third-order valence-corrected chi connectivity index (χ3v) is 7.20. The van der Waals surface area contributed by atoms with Gasteiger partial charge in [-0.25, -0.2) is 0 Å². The van der Waals surface area contributed by atoms with Crippen molar-refractivity contribution >= 4 is 8.07 Å². The zero-order valence-electron chi connectivity index (χ0n) is 11.1. The molecule has 1 heterocycles. The van der Waals surface area contributed by atoms with E-state index in [9.17, 15) is 0 Å². The molecule has 0 N–H and O–H groups in total. The number of epoxide rings is 1. The summed E-state index contributed by atoms with van der Waals surface area (Å²) < 4.78 is 5.88. The first-order chi connectivity index (χ1) is 6.69. The lowest BCUT2D eigenvalue weighted by Crippen LogP contribution is -2.39. The van der Waals surface area contributed by atoms with Crippen molar-refractivity contribution in [2.24, 2.45) is 11.3 Å². The van der Waals surface area contributed by atoms with Gasteiger partial charge in [-0.3, -0.25) is 0 Å². The van der Waals surface area contributed by atoms with Crippen molar-refractivity contribution in [2.45, 2.75) is 71.0 Å². The fourth-order valence-electron chi connectivity index (χ4n) is 3.07. The van der Waals surface area contributed by atoms with Crippen LogP contribution < -0.4 is 0 Å². The first-order valence-electron chi connectivity index (χ1n) is 6.35. The van der Waals surface area contributed by atoms with Crippen LogP contribution in [0, 0.1) is 11.3 Å². The van der Waals surface area contributed by atoms with Crippen LogP contribution in [-0.4, -0.2) is 20.3 Å². The first-order valence-corrected chi connectivity index (χ1v) is 9.93. The summed E-state index contributed by atoms with van der Waals surface area (Å²) in [5, 5.41) is 0.